The Morgan fingerprint density at radius 2 is 2.18 bits per heavy atom. The van der Waals surface area contributed by atoms with Gasteiger partial charge in [-0.05, 0) is 18.2 Å². The summed E-state index contributed by atoms with van der Waals surface area (Å²) in [5.74, 6) is 1.09. The third-order valence-electron chi connectivity index (χ3n) is 2.84. The van der Waals surface area contributed by atoms with Gasteiger partial charge in [0.2, 0.25) is 0 Å². The number of aromatic nitrogens is 2. The Morgan fingerprint density at radius 1 is 1.41 bits per heavy atom. The van der Waals surface area contributed by atoms with Crippen LogP contribution in [0.1, 0.15) is 19.7 Å². The molecule has 2 rings (SSSR count). The molecule has 17 heavy (non-hydrogen) atoms. The van der Waals surface area contributed by atoms with Crippen LogP contribution in [0.15, 0.2) is 18.2 Å². The van der Waals surface area contributed by atoms with E-state index in [0.717, 1.165) is 34.8 Å². The molecule has 0 aliphatic rings. The molecule has 0 aliphatic carbocycles. The monoisotopic (exact) mass is 251 g/mol. The van der Waals surface area contributed by atoms with Crippen molar-refractivity contribution < 1.29 is 0 Å². The van der Waals surface area contributed by atoms with E-state index >= 15 is 0 Å². The summed E-state index contributed by atoms with van der Waals surface area (Å²) in [6, 6.07) is 6.33. The molecule has 92 valence electrons. The molecular formula is C13H18ClN3. The summed E-state index contributed by atoms with van der Waals surface area (Å²) < 4.78 is 2.11. The largest absolute Gasteiger partial charge is 0.331 e. The van der Waals surface area contributed by atoms with Gasteiger partial charge < -0.3 is 9.88 Å². The number of fused-ring (bicyclic) bond motifs is 1. The molecule has 0 saturated carbocycles. The van der Waals surface area contributed by atoms with Crippen LogP contribution in [0.25, 0.3) is 11.0 Å². The molecule has 2 aromatic rings. The van der Waals surface area contributed by atoms with Gasteiger partial charge in [-0.15, -0.1) is 0 Å². The summed E-state index contributed by atoms with van der Waals surface area (Å²) in [6.45, 7) is 5.24. The second-order valence-corrected chi connectivity index (χ2v) is 5.02. The topological polar surface area (TPSA) is 29.9 Å². The molecule has 4 heteroatoms. The van der Waals surface area contributed by atoms with Crippen molar-refractivity contribution in [2.75, 3.05) is 6.54 Å². The minimum Gasteiger partial charge on any atom is -0.331 e. The van der Waals surface area contributed by atoms with Gasteiger partial charge in [-0.25, -0.2) is 4.98 Å². The predicted molar refractivity (Wildman–Crippen MR) is 72.6 cm³/mol. The Labute approximate surface area is 107 Å². The van der Waals surface area contributed by atoms with E-state index in [1.54, 1.807) is 0 Å². The summed E-state index contributed by atoms with van der Waals surface area (Å²) in [7, 11) is 2.04. The normalized spacial score (nSPS) is 11.6. The maximum Gasteiger partial charge on any atom is 0.110 e. The highest BCUT2D eigenvalue weighted by Crippen LogP contribution is 2.19. The standard InChI is InChI=1S/C13H18ClN3/c1-9(2)15-7-6-13-16-11-5-4-10(14)8-12(11)17(13)3/h4-5,8-9,15H,6-7H2,1-3H3. The smallest absolute Gasteiger partial charge is 0.110 e. The number of halogens is 1. The Hall–Kier alpha value is -1.06. The van der Waals surface area contributed by atoms with E-state index in [0.29, 0.717) is 6.04 Å². The molecule has 3 nitrogen and oxygen atoms in total. The number of hydrogen-bond donors (Lipinski definition) is 1. The highest BCUT2D eigenvalue weighted by Gasteiger charge is 2.07. The van der Waals surface area contributed by atoms with Crippen LogP contribution in [0.4, 0.5) is 0 Å². The quantitative estimate of drug-likeness (QED) is 0.906. The van der Waals surface area contributed by atoms with Crippen LogP contribution in [-0.2, 0) is 13.5 Å². The summed E-state index contributed by atoms with van der Waals surface area (Å²) in [5, 5.41) is 4.15. The zero-order valence-corrected chi connectivity index (χ0v) is 11.3. The zero-order valence-electron chi connectivity index (χ0n) is 10.5. The number of nitrogens with one attached hydrogen (secondary N) is 1. The average Bonchev–Trinajstić information content (AvgIpc) is 2.56. The van der Waals surface area contributed by atoms with E-state index in [9.17, 15) is 0 Å². The van der Waals surface area contributed by atoms with Crippen molar-refractivity contribution in [2.45, 2.75) is 26.3 Å². The molecule has 1 aromatic carbocycles. The molecule has 0 saturated heterocycles. The molecule has 1 heterocycles. The number of nitrogens with zero attached hydrogens (tertiary/aromatic N) is 2. The second-order valence-electron chi connectivity index (χ2n) is 4.58. The van der Waals surface area contributed by atoms with Gasteiger partial charge >= 0.3 is 0 Å². The minimum atomic E-state index is 0.513. The first-order valence-corrected chi connectivity index (χ1v) is 6.30. The van der Waals surface area contributed by atoms with Crippen LogP contribution in [0.3, 0.4) is 0 Å². The van der Waals surface area contributed by atoms with Gasteiger partial charge in [0, 0.05) is 31.1 Å². The van der Waals surface area contributed by atoms with Gasteiger partial charge in [0.15, 0.2) is 0 Å². The van der Waals surface area contributed by atoms with E-state index in [2.05, 4.69) is 28.7 Å². The fourth-order valence-corrected chi connectivity index (χ4v) is 2.08. The molecule has 0 bridgehead atoms. The third-order valence-corrected chi connectivity index (χ3v) is 3.07. The SMILES string of the molecule is CC(C)NCCc1nc2ccc(Cl)cc2n1C. The predicted octanol–water partition coefficient (Wildman–Crippen LogP) is 2.77. The fourth-order valence-electron chi connectivity index (χ4n) is 1.91. The molecule has 1 N–H and O–H groups in total. The van der Waals surface area contributed by atoms with Gasteiger partial charge in [0.25, 0.3) is 0 Å². The first-order valence-electron chi connectivity index (χ1n) is 5.92. The van der Waals surface area contributed by atoms with Crippen LogP contribution in [-0.4, -0.2) is 22.1 Å². The van der Waals surface area contributed by atoms with Gasteiger partial charge in [-0.1, -0.05) is 25.4 Å². The van der Waals surface area contributed by atoms with E-state index < -0.39 is 0 Å². The van der Waals surface area contributed by atoms with Gasteiger partial charge in [0.05, 0.1) is 11.0 Å². The number of rotatable bonds is 4. The van der Waals surface area contributed by atoms with E-state index in [1.165, 1.54) is 0 Å². The first-order chi connectivity index (χ1) is 8.08. The Bertz CT molecular complexity index is 517. The molecule has 0 aliphatic heterocycles. The van der Waals surface area contributed by atoms with Crippen molar-refractivity contribution in [1.29, 1.82) is 0 Å². The van der Waals surface area contributed by atoms with Crippen molar-refractivity contribution >= 4 is 22.6 Å². The maximum absolute atomic E-state index is 5.99. The summed E-state index contributed by atoms with van der Waals surface area (Å²) in [5.41, 5.74) is 2.11. The lowest BCUT2D eigenvalue weighted by Crippen LogP contribution is -2.25. The molecule has 0 spiro atoms. The first kappa shape index (κ1) is 12.4. The number of aryl methyl sites for hydroxylation is 1. The van der Waals surface area contributed by atoms with Gasteiger partial charge in [-0.3, -0.25) is 0 Å². The van der Waals surface area contributed by atoms with Crippen molar-refractivity contribution in [3.63, 3.8) is 0 Å². The minimum absolute atomic E-state index is 0.513. The summed E-state index contributed by atoms with van der Waals surface area (Å²) >= 11 is 5.99. The zero-order chi connectivity index (χ0) is 12.4. The molecule has 0 amide bonds. The van der Waals surface area contributed by atoms with Crippen LogP contribution < -0.4 is 5.32 Å². The van der Waals surface area contributed by atoms with Gasteiger partial charge in [-0.2, -0.15) is 0 Å². The van der Waals surface area contributed by atoms with E-state index in [1.807, 2.05) is 25.2 Å². The van der Waals surface area contributed by atoms with Crippen LogP contribution >= 0.6 is 11.6 Å². The highest BCUT2D eigenvalue weighted by atomic mass is 35.5. The Morgan fingerprint density at radius 3 is 2.88 bits per heavy atom. The van der Waals surface area contributed by atoms with Crippen LogP contribution in [0.2, 0.25) is 5.02 Å². The molecular weight excluding hydrogens is 234 g/mol. The molecule has 0 radical (unpaired) electrons. The fraction of sp³-hybridized carbons (Fsp3) is 0.462. The van der Waals surface area contributed by atoms with Crippen molar-refractivity contribution in [1.82, 2.24) is 14.9 Å². The number of hydrogen-bond acceptors (Lipinski definition) is 2. The molecule has 0 fully saturated rings. The summed E-state index contributed by atoms with van der Waals surface area (Å²) in [4.78, 5) is 4.61. The van der Waals surface area contributed by atoms with Crippen LogP contribution in [0, 0.1) is 0 Å². The Balaban J connectivity index is 2.20. The van der Waals surface area contributed by atoms with Crippen molar-refractivity contribution in [3.8, 4) is 0 Å². The van der Waals surface area contributed by atoms with Crippen molar-refractivity contribution in [2.24, 2.45) is 7.05 Å². The van der Waals surface area contributed by atoms with E-state index in [-0.39, 0.29) is 0 Å². The third kappa shape index (κ3) is 2.79. The molecule has 0 atom stereocenters. The van der Waals surface area contributed by atoms with Crippen LogP contribution in [0.5, 0.6) is 0 Å². The number of benzene rings is 1. The second kappa shape index (κ2) is 5.07. The highest BCUT2D eigenvalue weighted by molar-refractivity contribution is 6.31. The Kier molecular flexibility index (Phi) is 3.69. The van der Waals surface area contributed by atoms with Crippen molar-refractivity contribution in [3.05, 3.63) is 29.0 Å². The summed E-state index contributed by atoms with van der Waals surface area (Å²) in [6.07, 6.45) is 0.932. The lowest BCUT2D eigenvalue weighted by molar-refractivity contribution is 0.578. The maximum atomic E-state index is 5.99. The lowest BCUT2D eigenvalue weighted by atomic mass is 10.3. The number of imidazole rings is 1. The lowest BCUT2D eigenvalue weighted by Gasteiger charge is -2.07. The van der Waals surface area contributed by atoms with Gasteiger partial charge in [0.1, 0.15) is 5.82 Å². The van der Waals surface area contributed by atoms with E-state index in [4.69, 9.17) is 11.6 Å². The molecule has 0 unspecified atom stereocenters. The molecule has 1 aromatic heterocycles. The average molecular weight is 252 g/mol.